The smallest absolute Gasteiger partial charge is 0.276 e. The van der Waals surface area contributed by atoms with Gasteiger partial charge in [0.2, 0.25) is 5.89 Å². The van der Waals surface area contributed by atoms with Gasteiger partial charge in [-0.25, -0.2) is 0 Å². The Kier molecular flexibility index (Phi) is 4.80. The van der Waals surface area contributed by atoms with Crippen LogP contribution < -0.4 is 0 Å². The molecule has 8 heteroatoms. The molecule has 0 fully saturated rings. The molecule has 2 rings (SSSR count). The lowest BCUT2D eigenvalue weighted by atomic mass is 10.2. The number of para-hydroxylation sites is 1. The van der Waals surface area contributed by atoms with E-state index in [1.54, 1.807) is 30.0 Å². The number of thioether (sulfide) groups is 2. The highest BCUT2D eigenvalue weighted by Gasteiger charge is 2.14. The number of rotatable bonds is 6. The third-order valence-electron chi connectivity index (χ3n) is 2.26. The molecule has 0 spiro atoms. The standard InChI is InChI=1S/C11H11N3O3S2/c1-18-7-10-12-13-11(17-10)19-6-8-4-2-3-5-9(8)14(15)16/h2-5H,6-7H2,1H3. The summed E-state index contributed by atoms with van der Waals surface area (Å²) >= 11 is 2.89. The minimum atomic E-state index is -0.386. The maximum atomic E-state index is 10.9. The lowest BCUT2D eigenvalue weighted by Gasteiger charge is -1.99. The summed E-state index contributed by atoms with van der Waals surface area (Å²) in [7, 11) is 0. The van der Waals surface area contributed by atoms with E-state index in [0.717, 1.165) is 0 Å². The van der Waals surface area contributed by atoms with Gasteiger partial charge in [-0.15, -0.1) is 10.2 Å². The predicted octanol–water partition coefficient (Wildman–Crippen LogP) is 3.13. The van der Waals surface area contributed by atoms with Gasteiger partial charge in [-0.1, -0.05) is 30.0 Å². The summed E-state index contributed by atoms with van der Waals surface area (Å²) in [6.45, 7) is 0. The summed E-state index contributed by atoms with van der Waals surface area (Å²) in [5, 5.41) is 19.1. The number of nitro benzene ring substituents is 1. The van der Waals surface area contributed by atoms with Crippen molar-refractivity contribution in [2.45, 2.75) is 16.7 Å². The molecule has 0 radical (unpaired) electrons. The Labute approximate surface area is 118 Å². The Bertz CT molecular complexity index is 574. The Morgan fingerprint density at radius 2 is 2.11 bits per heavy atom. The van der Waals surface area contributed by atoms with Crippen molar-refractivity contribution in [1.82, 2.24) is 10.2 Å². The van der Waals surface area contributed by atoms with Gasteiger partial charge < -0.3 is 4.42 Å². The summed E-state index contributed by atoms with van der Waals surface area (Å²) in [5.41, 5.74) is 0.751. The zero-order valence-corrected chi connectivity index (χ0v) is 11.7. The highest BCUT2D eigenvalue weighted by molar-refractivity contribution is 7.98. The Morgan fingerprint density at radius 1 is 1.32 bits per heavy atom. The molecule has 0 atom stereocenters. The molecule has 0 N–H and O–H groups in total. The number of nitro groups is 1. The third-order valence-corrected chi connectivity index (χ3v) is 3.66. The second-order valence-electron chi connectivity index (χ2n) is 3.57. The number of nitrogens with zero attached hydrogens (tertiary/aromatic N) is 3. The van der Waals surface area contributed by atoms with Crippen molar-refractivity contribution < 1.29 is 9.34 Å². The van der Waals surface area contributed by atoms with Crippen LogP contribution in [0.2, 0.25) is 0 Å². The van der Waals surface area contributed by atoms with Gasteiger partial charge in [0.15, 0.2) is 0 Å². The summed E-state index contributed by atoms with van der Waals surface area (Å²) in [6.07, 6.45) is 1.95. The molecule has 0 unspecified atom stereocenters. The van der Waals surface area contributed by atoms with Gasteiger partial charge >= 0.3 is 0 Å². The first-order valence-corrected chi connectivity index (χ1v) is 7.75. The van der Waals surface area contributed by atoms with E-state index in [0.29, 0.717) is 28.2 Å². The van der Waals surface area contributed by atoms with Crippen LogP contribution in [0.15, 0.2) is 33.9 Å². The van der Waals surface area contributed by atoms with E-state index in [4.69, 9.17) is 4.42 Å². The zero-order valence-electron chi connectivity index (χ0n) is 10.1. The molecule has 0 amide bonds. The molecule has 1 aromatic heterocycles. The maximum Gasteiger partial charge on any atom is 0.276 e. The minimum absolute atomic E-state index is 0.110. The summed E-state index contributed by atoms with van der Waals surface area (Å²) in [4.78, 5) is 10.5. The van der Waals surface area contributed by atoms with Crippen molar-refractivity contribution in [2.75, 3.05) is 6.26 Å². The lowest BCUT2D eigenvalue weighted by molar-refractivity contribution is -0.385. The van der Waals surface area contributed by atoms with Gasteiger partial charge in [-0.3, -0.25) is 10.1 Å². The SMILES string of the molecule is CSCc1nnc(SCc2ccccc2[N+](=O)[O-])o1. The van der Waals surface area contributed by atoms with Gasteiger partial charge in [0.1, 0.15) is 0 Å². The van der Waals surface area contributed by atoms with Crippen molar-refractivity contribution in [2.24, 2.45) is 0 Å². The number of hydrogen-bond donors (Lipinski definition) is 0. The van der Waals surface area contributed by atoms with E-state index in [1.807, 2.05) is 6.26 Å². The minimum Gasteiger partial charge on any atom is -0.415 e. The maximum absolute atomic E-state index is 10.9. The highest BCUT2D eigenvalue weighted by Crippen LogP contribution is 2.27. The summed E-state index contributed by atoms with van der Waals surface area (Å²) in [6, 6.07) is 6.64. The van der Waals surface area contributed by atoms with E-state index in [9.17, 15) is 10.1 Å². The number of aromatic nitrogens is 2. The van der Waals surface area contributed by atoms with Crippen LogP contribution in [0, 0.1) is 10.1 Å². The van der Waals surface area contributed by atoms with Crippen molar-refractivity contribution in [3.05, 3.63) is 45.8 Å². The van der Waals surface area contributed by atoms with Crippen LogP contribution in [-0.4, -0.2) is 21.4 Å². The van der Waals surface area contributed by atoms with Crippen LogP contribution in [0.1, 0.15) is 11.5 Å². The normalized spacial score (nSPS) is 10.6. The predicted molar refractivity (Wildman–Crippen MR) is 74.2 cm³/mol. The van der Waals surface area contributed by atoms with Gasteiger partial charge in [0.25, 0.3) is 10.9 Å². The molecule has 0 aliphatic carbocycles. The van der Waals surface area contributed by atoms with Crippen molar-refractivity contribution >= 4 is 29.2 Å². The first kappa shape index (κ1) is 13.9. The third kappa shape index (κ3) is 3.71. The van der Waals surface area contributed by atoms with Crippen molar-refractivity contribution in [1.29, 1.82) is 0 Å². The van der Waals surface area contributed by atoms with Crippen LogP contribution in [0.5, 0.6) is 0 Å². The fraction of sp³-hybridized carbons (Fsp3) is 0.273. The van der Waals surface area contributed by atoms with Crippen LogP contribution in [-0.2, 0) is 11.5 Å². The Morgan fingerprint density at radius 3 is 2.84 bits per heavy atom. The molecule has 0 saturated heterocycles. The fourth-order valence-corrected chi connectivity index (χ4v) is 2.57. The molecule has 19 heavy (non-hydrogen) atoms. The molecular weight excluding hydrogens is 286 g/mol. The molecule has 0 saturated carbocycles. The second kappa shape index (κ2) is 6.58. The van der Waals surface area contributed by atoms with Crippen molar-refractivity contribution in [3.63, 3.8) is 0 Å². The average molecular weight is 297 g/mol. The quantitative estimate of drug-likeness (QED) is 0.460. The van der Waals surface area contributed by atoms with Crippen molar-refractivity contribution in [3.8, 4) is 0 Å². The van der Waals surface area contributed by atoms with E-state index in [1.165, 1.54) is 17.8 Å². The largest absolute Gasteiger partial charge is 0.415 e. The van der Waals surface area contributed by atoms with Crippen LogP contribution in [0.25, 0.3) is 0 Å². The van der Waals surface area contributed by atoms with E-state index in [-0.39, 0.29) is 10.6 Å². The molecular formula is C11H11N3O3S2. The Balaban J connectivity index is 2.03. The first-order chi connectivity index (χ1) is 9.20. The molecule has 2 aromatic rings. The van der Waals surface area contributed by atoms with Gasteiger partial charge in [-0.2, -0.15) is 11.8 Å². The van der Waals surface area contributed by atoms with Crippen LogP contribution >= 0.6 is 23.5 Å². The summed E-state index contributed by atoms with van der Waals surface area (Å²) < 4.78 is 5.40. The number of benzene rings is 1. The summed E-state index contributed by atoms with van der Waals surface area (Å²) in [5.74, 6) is 1.66. The molecule has 6 nitrogen and oxygen atoms in total. The second-order valence-corrected chi connectivity index (χ2v) is 5.36. The van der Waals surface area contributed by atoms with Crippen LogP contribution in [0.3, 0.4) is 0 Å². The lowest BCUT2D eigenvalue weighted by Crippen LogP contribution is -1.93. The molecule has 100 valence electrons. The molecule has 0 bridgehead atoms. The van der Waals surface area contributed by atoms with E-state index in [2.05, 4.69) is 10.2 Å². The van der Waals surface area contributed by atoms with E-state index >= 15 is 0 Å². The van der Waals surface area contributed by atoms with E-state index < -0.39 is 0 Å². The highest BCUT2D eigenvalue weighted by atomic mass is 32.2. The number of hydrogen-bond acceptors (Lipinski definition) is 7. The zero-order chi connectivity index (χ0) is 13.7. The molecule has 0 aliphatic rings. The van der Waals surface area contributed by atoms with Gasteiger partial charge in [0, 0.05) is 17.4 Å². The van der Waals surface area contributed by atoms with Crippen LogP contribution in [0.4, 0.5) is 5.69 Å². The monoisotopic (exact) mass is 297 g/mol. The Hall–Kier alpha value is -1.54. The fourth-order valence-electron chi connectivity index (χ4n) is 1.43. The molecule has 0 aliphatic heterocycles. The topological polar surface area (TPSA) is 82.1 Å². The average Bonchev–Trinajstić information content (AvgIpc) is 2.85. The first-order valence-electron chi connectivity index (χ1n) is 5.37. The molecule has 1 aromatic carbocycles. The molecule has 1 heterocycles. The van der Waals surface area contributed by atoms with Gasteiger partial charge in [-0.05, 0) is 6.26 Å². The van der Waals surface area contributed by atoms with Gasteiger partial charge in [0.05, 0.1) is 10.7 Å².